The average molecular weight is 670 g/mol. The highest BCUT2D eigenvalue weighted by molar-refractivity contribution is 5.86. The van der Waals surface area contributed by atoms with Crippen LogP contribution in [0.5, 0.6) is 0 Å². The van der Waals surface area contributed by atoms with Gasteiger partial charge in [-0.25, -0.2) is 4.98 Å². The molecule has 3 aliphatic rings. The number of nitrogens with zero attached hydrogens (tertiary/aromatic N) is 2. The van der Waals surface area contributed by atoms with E-state index >= 15 is 0 Å². The summed E-state index contributed by atoms with van der Waals surface area (Å²) in [6, 6.07) is 5.10. The number of carbonyl (C=O) groups excluding carboxylic acids is 1. The summed E-state index contributed by atoms with van der Waals surface area (Å²) in [6.07, 6.45) is -0.361. The normalized spacial score (nSPS) is 25.3. The lowest BCUT2D eigenvalue weighted by atomic mass is 9.85. The quantitative estimate of drug-likeness (QED) is 0.191. The number of fused-ring (bicyclic) bond motifs is 8. The van der Waals surface area contributed by atoms with Crippen molar-refractivity contribution >= 4 is 45.7 Å². The third-order valence-corrected chi connectivity index (χ3v) is 10.6. The number of aliphatic hydroxyl groups excluding tert-OH is 4. The summed E-state index contributed by atoms with van der Waals surface area (Å²) in [4.78, 5) is 30.8. The van der Waals surface area contributed by atoms with Gasteiger partial charge >= 0.3 is 0 Å². The van der Waals surface area contributed by atoms with E-state index in [1.54, 1.807) is 0 Å². The molecule has 7 N–H and O–H groups in total. The number of hydrogen-bond donors (Lipinski definition) is 7. The Hall–Kier alpha value is -4.13. The average Bonchev–Trinajstić information content (AvgIpc) is 3.78. The number of rotatable bonds is 7. The van der Waals surface area contributed by atoms with Crippen LogP contribution in [0.15, 0.2) is 24.8 Å². The smallest absolute Gasteiger partial charge is 0.220 e. The minimum atomic E-state index is -1.58. The van der Waals surface area contributed by atoms with Crippen molar-refractivity contribution in [2.24, 2.45) is 0 Å². The first-order valence-corrected chi connectivity index (χ1v) is 17.0. The molecule has 1 saturated heterocycles. The minimum absolute atomic E-state index is 0.0425. The van der Waals surface area contributed by atoms with Crippen molar-refractivity contribution in [1.29, 1.82) is 0 Å². The Balaban J connectivity index is 1.44. The summed E-state index contributed by atoms with van der Waals surface area (Å²) < 4.78 is 5.22. The van der Waals surface area contributed by atoms with E-state index in [1.807, 2.05) is 13.0 Å². The molecule has 11 heteroatoms. The predicted molar refractivity (Wildman–Crippen MR) is 191 cm³/mol. The Kier molecular flexibility index (Phi) is 9.67. The van der Waals surface area contributed by atoms with Gasteiger partial charge in [-0.15, -0.1) is 0 Å². The number of aromatic amines is 2. The fraction of sp³-hybridized carbons (Fsp3) is 0.447. The van der Waals surface area contributed by atoms with Crippen LogP contribution in [0.3, 0.4) is 0 Å². The molecule has 11 nitrogen and oxygen atoms in total. The number of carbonyl (C=O) groups is 1. The van der Waals surface area contributed by atoms with Gasteiger partial charge in [0.15, 0.2) is 6.29 Å². The number of allylic oxidation sites excluding steroid dienone is 1. The van der Waals surface area contributed by atoms with Crippen molar-refractivity contribution in [1.82, 2.24) is 25.3 Å². The van der Waals surface area contributed by atoms with Gasteiger partial charge in [0.25, 0.3) is 0 Å². The van der Waals surface area contributed by atoms with Gasteiger partial charge in [0, 0.05) is 57.3 Å². The molecule has 1 unspecified atom stereocenters. The molecule has 1 amide bonds. The highest BCUT2D eigenvalue weighted by Crippen LogP contribution is 2.42. The van der Waals surface area contributed by atoms with Gasteiger partial charge in [0.05, 0.1) is 18.0 Å². The third kappa shape index (κ3) is 6.26. The van der Waals surface area contributed by atoms with E-state index in [0.717, 1.165) is 73.5 Å². The maximum absolute atomic E-state index is 13.2. The lowest BCUT2D eigenvalue weighted by Gasteiger charge is -2.40. The molecule has 3 aromatic rings. The van der Waals surface area contributed by atoms with Crippen molar-refractivity contribution in [3.05, 3.63) is 75.4 Å². The highest BCUT2D eigenvalue weighted by Gasteiger charge is 2.44. The van der Waals surface area contributed by atoms with Gasteiger partial charge in [0.2, 0.25) is 5.91 Å². The zero-order valence-electron chi connectivity index (χ0n) is 29.0. The first kappa shape index (κ1) is 34.7. The highest BCUT2D eigenvalue weighted by atomic mass is 16.6. The summed E-state index contributed by atoms with van der Waals surface area (Å²) in [5.41, 5.74) is 13.9. The summed E-state index contributed by atoms with van der Waals surface area (Å²) in [5.74, 6) is -0.582. The Labute approximate surface area is 285 Å². The van der Waals surface area contributed by atoms with Crippen molar-refractivity contribution in [3.8, 4) is 0 Å². The molecule has 0 aromatic carbocycles. The van der Waals surface area contributed by atoms with Gasteiger partial charge in [-0.3, -0.25) is 9.78 Å². The molecule has 0 spiro atoms. The number of H-pyrrole nitrogens is 2. The minimum Gasteiger partial charge on any atom is -0.394 e. The van der Waals surface area contributed by atoms with Gasteiger partial charge in [-0.05, 0) is 92.6 Å². The molecule has 49 heavy (non-hydrogen) atoms. The summed E-state index contributed by atoms with van der Waals surface area (Å²) >= 11 is 0. The standard InChI is InChI=1S/C38H47N5O6/c1-8-22-19(5)28-15-31-23(9-2)18(4)27(40-31)14-29-20(6)24(10-11-33(45)43-35-37(47)36(46)32(16-44)49-38(35)48)34(42-29)21(7)26-12-17(3)25(39-26)13-30(22)41-28/h9,12-15,20,24,32,35-38,40-41,44,46-48H,2,8,10-11,16H2,1,3-7H3,(H,43,45)/t20-,24-,32+,35-,36+,37+,38?/m0/s1. The van der Waals surface area contributed by atoms with E-state index < -0.39 is 43.2 Å². The maximum Gasteiger partial charge on any atom is 0.220 e. The fourth-order valence-corrected chi connectivity index (χ4v) is 7.48. The molecular weight excluding hydrogens is 622 g/mol. The molecule has 0 aliphatic carbocycles. The van der Waals surface area contributed by atoms with Crippen LogP contribution in [0.1, 0.15) is 96.0 Å². The number of aliphatic hydroxyl groups is 4. The number of hydrogen-bond acceptors (Lipinski definition) is 8. The second-order valence-electron chi connectivity index (χ2n) is 13.6. The summed E-state index contributed by atoms with van der Waals surface area (Å²) in [5, 5.41) is 43.2. The van der Waals surface area contributed by atoms with E-state index in [1.165, 1.54) is 11.1 Å². The lowest BCUT2D eigenvalue weighted by molar-refractivity contribution is -0.253. The number of nitrogens with one attached hydrogen (secondary N) is 3. The molecule has 0 radical (unpaired) electrons. The van der Waals surface area contributed by atoms with E-state index in [4.69, 9.17) is 14.7 Å². The first-order chi connectivity index (χ1) is 23.4. The lowest BCUT2D eigenvalue weighted by Crippen LogP contribution is -2.64. The second kappa shape index (κ2) is 13.6. The van der Waals surface area contributed by atoms with Crippen LogP contribution in [-0.4, -0.2) is 83.5 Å². The van der Waals surface area contributed by atoms with Crippen molar-refractivity contribution in [2.75, 3.05) is 6.61 Å². The molecule has 6 rings (SSSR count). The SMILES string of the molecule is C=Cc1c(C)c2cc3nc(c(C)c4nc(cc5[nH]c(cc1[nH]2)c(C)c5CC)C(C)=C4)[C@@H](CCC(=O)N[C@@H]1C(O)O[C@H](CO)[C@@H](O)[C@@H]1O)[C@@H]3C. The van der Waals surface area contributed by atoms with E-state index in [2.05, 4.69) is 80.8 Å². The zero-order chi connectivity index (χ0) is 35.3. The van der Waals surface area contributed by atoms with Gasteiger partial charge in [0.1, 0.15) is 24.4 Å². The molecule has 260 valence electrons. The fourth-order valence-electron chi connectivity index (χ4n) is 7.48. The second-order valence-corrected chi connectivity index (χ2v) is 13.6. The molecule has 7 atom stereocenters. The maximum atomic E-state index is 13.2. The monoisotopic (exact) mass is 669 g/mol. The van der Waals surface area contributed by atoms with Crippen LogP contribution in [0.2, 0.25) is 0 Å². The zero-order valence-corrected chi connectivity index (χ0v) is 29.0. The van der Waals surface area contributed by atoms with Crippen LogP contribution >= 0.6 is 0 Å². The number of aryl methyl sites for hydroxylation is 3. The Bertz CT molecular complexity index is 1990. The Morgan fingerprint density at radius 1 is 0.980 bits per heavy atom. The van der Waals surface area contributed by atoms with E-state index in [-0.39, 0.29) is 18.3 Å². The van der Waals surface area contributed by atoms with Gasteiger partial charge in [-0.1, -0.05) is 26.5 Å². The topological polar surface area (TPSA) is 177 Å². The molecule has 1 fully saturated rings. The molecule has 8 bridgehead atoms. The molecule has 3 aliphatic heterocycles. The molecule has 3 aromatic heterocycles. The number of amides is 1. The number of ether oxygens (including phenoxy) is 1. The Morgan fingerprint density at radius 2 is 1.69 bits per heavy atom. The Morgan fingerprint density at radius 3 is 2.39 bits per heavy atom. The van der Waals surface area contributed by atoms with Crippen molar-refractivity contribution in [3.63, 3.8) is 0 Å². The van der Waals surface area contributed by atoms with Gasteiger partial charge in [-0.2, -0.15) is 0 Å². The van der Waals surface area contributed by atoms with Crippen molar-refractivity contribution < 1.29 is 30.0 Å². The third-order valence-electron chi connectivity index (χ3n) is 10.6. The van der Waals surface area contributed by atoms with Crippen molar-refractivity contribution in [2.45, 2.75) is 103 Å². The van der Waals surface area contributed by atoms with E-state index in [0.29, 0.717) is 6.42 Å². The van der Waals surface area contributed by atoms with Crippen LogP contribution in [0, 0.1) is 20.8 Å². The molecule has 6 heterocycles. The van der Waals surface area contributed by atoms with Crippen LogP contribution in [-0.2, 0) is 16.0 Å². The summed E-state index contributed by atoms with van der Waals surface area (Å²) in [6.45, 7) is 16.1. The predicted octanol–water partition coefficient (Wildman–Crippen LogP) is 4.59. The number of aromatic nitrogens is 4. The van der Waals surface area contributed by atoms with Crippen LogP contribution < -0.4 is 5.32 Å². The van der Waals surface area contributed by atoms with E-state index in [9.17, 15) is 25.2 Å². The van der Waals surface area contributed by atoms with Crippen LogP contribution in [0.25, 0.3) is 39.8 Å². The first-order valence-electron chi connectivity index (χ1n) is 17.0. The largest absolute Gasteiger partial charge is 0.394 e. The van der Waals surface area contributed by atoms with Crippen LogP contribution in [0.4, 0.5) is 0 Å². The molecular formula is C38H47N5O6. The van der Waals surface area contributed by atoms with Gasteiger partial charge < -0.3 is 40.4 Å². The molecule has 0 saturated carbocycles. The summed E-state index contributed by atoms with van der Waals surface area (Å²) in [7, 11) is 0.